The number of nitrogens with zero attached hydrogens (tertiary/aromatic N) is 4. The molecular weight excluding hydrogens is 202 g/mol. The van der Waals surface area contributed by atoms with E-state index in [1.165, 1.54) is 19.3 Å². The van der Waals surface area contributed by atoms with Gasteiger partial charge in [-0.1, -0.05) is 0 Å². The van der Waals surface area contributed by atoms with E-state index in [-0.39, 0.29) is 5.54 Å². The van der Waals surface area contributed by atoms with Gasteiger partial charge in [-0.3, -0.25) is 4.90 Å². The zero-order valence-corrected chi connectivity index (χ0v) is 9.60. The van der Waals surface area contributed by atoms with E-state index in [1.807, 2.05) is 6.33 Å². The van der Waals surface area contributed by atoms with Crippen LogP contribution >= 0.6 is 0 Å². The Bertz CT molecular complexity index is 368. The molecular formula is C11H19N5. The molecule has 16 heavy (non-hydrogen) atoms. The topological polar surface area (TPSA) is 60.0 Å². The molecule has 5 nitrogen and oxygen atoms in total. The summed E-state index contributed by atoms with van der Waals surface area (Å²) in [5, 5.41) is 8.06. The molecule has 0 bridgehead atoms. The molecule has 0 unspecified atom stereocenters. The molecule has 3 rings (SSSR count). The van der Waals surface area contributed by atoms with Crippen molar-refractivity contribution >= 4 is 0 Å². The highest BCUT2D eigenvalue weighted by Gasteiger charge is 2.32. The molecule has 1 fully saturated rings. The zero-order valence-electron chi connectivity index (χ0n) is 9.60. The highest BCUT2D eigenvalue weighted by atomic mass is 15.3. The average molecular weight is 221 g/mol. The number of rotatable bonds is 3. The molecule has 1 aromatic rings. The second-order valence-corrected chi connectivity index (χ2v) is 5.18. The summed E-state index contributed by atoms with van der Waals surface area (Å²) in [6.07, 6.45) is 6.67. The maximum atomic E-state index is 6.23. The van der Waals surface area contributed by atoms with Crippen molar-refractivity contribution < 1.29 is 0 Å². The fourth-order valence-electron chi connectivity index (χ4n) is 2.57. The lowest BCUT2D eigenvalue weighted by atomic mass is 9.75. The molecule has 0 saturated heterocycles. The Morgan fingerprint density at radius 2 is 2.25 bits per heavy atom. The van der Waals surface area contributed by atoms with Gasteiger partial charge in [-0.2, -0.15) is 0 Å². The molecule has 2 heterocycles. The average Bonchev–Trinajstić information content (AvgIpc) is 2.70. The monoisotopic (exact) mass is 221 g/mol. The third-order valence-corrected chi connectivity index (χ3v) is 3.99. The molecule has 0 radical (unpaired) electrons. The van der Waals surface area contributed by atoms with Crippen LogP contribution in [0.15, 0.2) is 6.33 Å². The maximum absolute atomic E-state index is 6.23. The maximum Gasteiger partial charge on any atom is 0.147 e. The van der Waals surface area contributed by atoms with Crippen molar-refractivity contribution in [2.24, 2.45) is 5.73 Å². The van der Waals surface area contributed by atoms with Gasteiger partial charge in [-0.05, 0) is 25.7 Å². The van der Waals surface area contributed by atoms with E-state index >= 15 is 0 Å². The SMILES string of the molecule is NC1(CCN2CCn3cnnc3C2)CCC1. The van der Waals surface area contributed by atoms with Crippen molar-refractivity contribution in [2.45, 2.75) is 44.3 Å². The summed E-state index contributed by atoms with van der Waals surface area (Å²) in [5.74, 6) is 1.09. The first-order valence-corrected chi connectivity index (χ1v) is 6.13. The van der Waals surface area contributed by atoms with Crippen LogP contribution in [0.2, 0.25) is 0 Å². The van der Waals surface area contributed by atoms with Gasteiger partial charge in [0, 0.05) is 25.2 Å². The normalized spacial score (nSPS) is 23.8. The number of hydrogen-bond donors (Lipinski definition) is 1. The molecule has 5 heteroatoms. The standard InChI is InChI=1S/C11H19N5/c12-11(2-1-3-11)4-5-15-6-7-16-9-13-14-10(16)8-15/h9H,1-8,12H2. The molecule has 1 saturated carbocycles. The lowest BCUT2D eigenvalue weighted by Gasteiger charge is -2.40. The van der Waals surface area contributed by atoms with Crippen LogP contribution in [0.25, 0.3) is 0 Å². The molecule has 1 aliphatic heterocycles. The highest BCUT2D eigenvalue weighted by Crippen LogP contribution is 2.32. The second-order valence-electron chi connectivity index (χ2n) is 5.18. The molecule has 1 aliphatic carbocycles. The molecule has 1 aromatic heterocycles. The third kappa shape index (κ3) is 1.85. The van der Waals surface area contributed by atoms with Crippen LogP contribution in [0.4, 0.5) is 0 Å². The minimum atomic E-state index is 0.144. The fraction of sp³-hybridized carbons (Fsp3) is 0.818. The minimum Gasteiger partial charge on any atom is -0.325 e. The van der Waals surface area contributed by atoms with Gasteiger partial charge in [0.25, 0.3) is 0 Å². The molecule has 2 N–H and O–H groups in total. The van der Waals surface area contributed by atoms with E-state index < -0.39 is 0 Å². The first kappa shape index (κ1) is 10.2. The van der Waals surface area contributed by atoms with Crippen LogP contribution in [0.3, 0.4) is 0 Å². The smallest absolute Gasteiger partial charge is 0.147 e. The number of nitrogens with two attached hydrogens (primary N) is 1. The zero-order chi connectivity index (χ0) is 11.0. The van der Waals surface area contributed by atoms with Crippen LogP contribution in [0.5, 0.6) is 0 Å². The van der Waals surface area contributed by atoms with Gasteiger partial charge < -0.3 is 10.3 Å². The van der Waals surface area contributed by atoms with Crippen molar-refractivity contribution in [1.29, 1.82) is 0 Å². The Balaban J connectivity index is 1.54. The van der Waals surface area contributed by atoms with Gasteiger partial charge in [0.1, 0.15) is 12.2 Å². The molecule has 0 aromatic carbocycles. The van der Waals surface area contributed by atoms with E-state index in [4.69, 9.17) is 5.73 Å². The van der Waals surface area contributed by atoms with Gasteiger partial charge in [-0.15, -0.1) is 10.2 Å². The van der Waals surface area contributed by atoms with Crippen LogP contribution < -0.4 is 5.73 Å². The molecule has 88 valence electrons. The van der Waals surface area contributed by atoms with Crippen LogP contribution in [-0.2, 0) is 13.1 Å². The highest BCUT2D eigenvalue weighted by molar-refractivity contribution is 4.95. The molecule has 0 atom stereocenters. The summed E-state index contributed by atoms with van der Waals surface area (Å²) in [6, 6.07) is 0. The van der Waals surface area contributed by atoms with E-state index in [2.05, 4.69) is 19.7 Å². The van der Waals surface area contributed by atoms with Gasteiger partial charge in [0.15, 0.2) is 0 Å². The lowest BCUT2D eigenvalue weighted by Crippen LogP contribution is -2.49. The Labute approximate surface area is 95.6 Å². The quantitative estimate of drug-likeness (QED) is 0.801. The van der Waals surface area contributed by atoms with Gasteiger partial charge in [0.2, 0.25) is 0 Å². The summed E-state index contributed by atoms with van der Waals surface area (Å²) in [7, 11) is 0. The Morgan fingerprint density at radius 1 is 1.38 bits per heavy atom. The van der Waals surface area contributed by atoms with E-state index in [0.717, 1.165) is 38.4 Å². The van der Waals surface area contributed by atoms with Crippen LogP contribution in [-0.4, -0.2) is 38.3 Å². The van der Waals surface area contributed by atoms with E-state index in [9.17, 15) is 0 Å². The predicted octanol–water partition coefficient (Wildman–Crippen LogP) is 0.365. The first-order valence-electron chi connectivity index (χ1n) is 6.13. The summed E-state index contributed by atoms with van der Waals surface area (Å²) in [6.45, 7) is 4.14. The second kappa shape index (κ2) is 3.82. The van der Waals surface area contributed by atoms with Crippen molar-refractivity contribution in [3.05, 3.63) is 12.2 Å². The first-order chi connectivity index (χ1) is 7.75. The van der Waals surface area contributed by atoms with Crippen molar-refractivity contribution in [3.63, 3.8) is 0 Å². The molecule has 0 amide bonds. The van der Waals surface area contributed by atoms with Crippen molar-refractivity contribution in [1.82, 2.24) is 19.7 Å². The summed E-state index contributed by atoms with van der Waals surface area (Å²) >= 11 is 0. The summed E-state index contributed by atoms with van der Waals surface area (Å²) in [5.41, 5.74) is 6.38. The van der Waals surface area contributed by atoms with Crippen molar-refractivity contribution in [2.75, 3.05) is 13.1 Å². The number of aromatic nitrogens is 3. The van der Waals surface area contributed by atoms with Crippen molar-refractivity contribution in [3.8, 4) is 0 Å². The number of fused-ring (bicyclic) bond motifs is 1. The Hall–Kier alpha value is -0.940. The third-order valence-electron chi connectivity index (χ3n) is 3.99. The largest absolute Gasteiger partial charge is 0.325 e. The van der Waals surface area contributed by atoms with Crippen LogP contribution in [0.1, 0.15) is 31.5 Å². The van der Waals surface area contributed by atoms with Gasteiger partial charge in [-0.25, -0.2) is 0 Å². The van der Waals surface area contributed by atoms with E-state index in [0.29, 0.717) is 0 Å². The lowest BCUT2D eigenvalue weighted by molar-refractivity contribution is 0.159. The van der Waals surface area contributed by atoms with E-state index in [1.54, 1.807) is 0 Å². The Kier molecular flexibility index (Phi) is 2.44. The molecule has 2 aliphatic rings. The van der Waals surface area contributed by atoms with Gasteiger partial charge >= 0.3 is 0 Å². The van der Waals surface area contributed by atoms with Gasteiger partial charge in [0.05, 0.1) is 6.54 Å². The summed E-state index contributed by atoms with van der Waals surface area (Å²) < 4.78 is 2.14. The Morgan fingerprint density at radius 3 is 3.00 bits per heavy atom. The fourth-order valence-corrected chi connectivity index (χ4v) is 2.57. The number of hydrogen-bond acceptors (Lipinski definition) is 4. The summed E-state index contributed by atoms with van der Waals surface area (Å²) in [4.78, 5) is 2.44. The predicted molar refractivity (Wildman–Crippen MR) is 60.7 cm³/mol. The minimum absolute atomic E-state index is 0.144. The van der Waals surface area contributed by atoms with Crippen LogP contribution in [0, 0.1) is 0 Å². The molecule has 0 spiro atoms.